The monoisotopic (exact) mass is 465 g/mol. The largest absolute Gasteiger partial charge is 0.486 e. The maximum Gasteiger partial charge on any atom is 0.235 e. The summed E-state index contributed by atoms with van der Waals surface area (Å²) in [6.45, 7) is 6.60. The highest BCUT2D eigenvalue weighted by molar-refractivity contribution is 7.99. The molecule has 0 unspecified atom stereocenters. The lowest BCUT2D eigenvalue weighted by Gasteiger charge is -2.09. The Morgan fingerprint density at radius 3 is 3.09 bits per heavy atom. The highest BCUT2D eigenvalue weighted by Gasteiger charge is 2.23. The summed E-state index contributed by atoms with van der Waals surface area (Å²) >= 11 is 2.82. The molecule has 0 saturated heterocycles. The quantitative estimate of drug-likeness (QED) is 0.369. The Bertz CT molecular complexity index is 1190. The minimum Gasteiger partial charge on any atom is -0.486 e. The molecule has 164 valence electrons. The van der Waals surface area contributed by atoms with Crippen LogP contribution in [0.4, 0.5) is 5.00 Å². The second-order valence-electron chi connectivity index (χ2n) is 7.41. The topological polar surface area (TPSA) is 92.8 Å². The molecule has 2 heterocycles. The number of aryl methyl sites for hydroxylation is 2. The number of amides is 1. The van der Waals surface area contributed by atoms with Crippen LogP contribution in [-0.2, 0) is 30.8 Å². The van der Waals surface area contributed by atoms with Crippen LogP contribution in [0.15, 0.2) is 42.1 Å². The van der Waals surface area contributed by atoms with E-state index in [1.165, 1.54) is 28.0 Å². The molecule has 3 aromatic rings. The van der Waals surface area contributed by atoms with Gasteiger partial charge in [-0.25, -0.2) is 0 Å². The number of aromatic nitrogens is 3. The number of benzene rings is 1. The van der Waals surface area contributed by atoms with Gasteiger partial charge in [-0.05, 0) is 49.4 Å². The number of ether oxygens (including phenoxy) is 1. The number of thiophene rings is 1. The first-order chi connectivity index (χ1) is 15.6. The first-order valence-corrected chi connectivity index (χ1v) is 12.1. The lowest BCUT2D eigenvalue weighted by Crippen LogP contribution is -2.15. The molecule has 1 aliphatic rings. The van der Waals surface area contributed by atoms with Crippen molar-refractivity contribution in [1.82, 2.24) is 14.8 Å². The molecule has 7 nitrogen and oxygen atoms in total. The predicted molar refractivity (Wildman–Crippen MR) is 126 cm³/mol. The standard InChI is InChI=1S/C23H23N5O2S2/c1-3-10-28-20(13-30-16-7-4-6-15(2)11-16)26-27-23(28)31-14-21(29)25-22-18(12-24)17-8-5-9-19(17)32-22/h3-4,6-7,11H,1,5,8-10,13-14H2,2H3,(H,25,29). The van der Waals surface area contributed by atoms with Crippen LogP contribution in [0.5, 0.6) is 5.75 Å². The van der Waals surface area contributed by atoms with Crippen molar-refractivity contribution >= 4 is 34.0 Å². The molecular weight excluding hydrogens is 442 g/mol. The van der Waals surface area contributed by atoms with E-state index in [0.29, 0.717) is 28.1 Å². The average molecular weight is 466 g/mol. The zero-order chi connectivity index (χ0) is 22.5. The van der Waals surface area contributed by atoms with E-state index in [-0.39, 0.29) is 18.3 Å². The van der Waals surface area contributed by atoms with Gasteiger partial charge in [-0.2, -0.15) is 5.26 Å². The fourth-order valence-electron chi connectivity index (χ4n) is 3.60. The summed E-state index contributed by atoms with van der Waals surface area (Å²) in [7, 11) is 0. The Kier molecular flexibility index (Phi) is 6.93. The van der Waals surface area contributed by atoms with Gasteiger partial charge in [0, 0.05) is 11.4 Å². The van der Waals surface area contributed by atoms with Crippen LogP contribution in [0, 0.1) is 18.3 Å². The molecule has 0 atom stereocenters. The van der Waals surface area contributed by atoms with Gasteiger partial charge < -0.3 is 10.1 Å². The number of hydrogen-bond donors (Lipinski definition) is 1. The molecule has 4 rings (SSSR count). The van der Waals surface area contributed by atoms with E-state index >= 15 is 0 Å². The molecule has 1 aromatic carbocycles. The van der Waals surface area contributed by atoms with E-state index < -0.39 is 0 Å². The third-order valence-electron chi connectivity index (χ3n) is 5.08. The molecule has 0 fully saturated rings. The van der Waals surface area contributed by atoms with Gasteiger partial charge >= 0.3 is 0 Å². The molecule has 2 aromatic heterocycles. The highest BCUT2D eigenvalue weighted by atomic mass is 32.2. The number of rotatable bonds is 9. The molecule has 0 spiro atoms. The van der Waals surface area contributed by atoms with E-state index in [2.05, 4.69) is 28.2 Å². The summed E-state index contributed by atoms with van der Waals surface area (Å²) in [6, 6.07) is 10.1. The maximum absolute atomic E-state index is 12.6. The number of nitrogens with zero attached hydrogens (tertiary/aromatic N) is 4. The predicted octanol–water partition coefficient (Wildman–Crippen LogP) is 4.50. The Morgan fingerprint density at radius 1 is 1.44 bits per heavy atom. The van der Waals surface area contributed by atoms with Crippen LogP contribution in [0.3, 0.4) is 0 Å². The first-order valence-electron chi connectivity index (χ1n) is 10.3. The summed E-state index contributed by atoms with van der Waals surface area (Å²) in [4.78, 5) is 13.8. The molecule has 9 heteroatoms. The molecular formula is C23H23N5O2S2. The van der Waals surface area contributed by atoms with Gasteiger partial charge in [0.2, 0.25) is 5.91 Å². The molecule has 0 aliphatic heterocycles. The van der Waals surface area contributed by atoms with Gasteiger partial charge in [-0.15, -0.1) is 28.1 Å². The lowest BCUT2D eigenvalue weighted by atomic mass is 10.1. The molecule has 0 saturated carbocycles. The van der Waals surface area contributed by atoms with Crippen molar-refractivity contribution in [3.8, 4) is 11.8 Å². The van der Waals surface area contributed by atoms with Crippen molar-refractivity contribution in [3.05, 3.63) is 64.3 Å². The molecule has 1 aliphatic carbocycles. The summed E-state index contributed by atoms with van der Waals surface area (Å²) < 4.78 is 7.75. The maximum atomic E-state index is 12.6. The van der Waals surface area contributed by atoms with Gasteiger partial charge in [0.05, 0.1) is 11.3 Å². The third kappa shape index (κ3) is 4.87. The number of carbonyl (C=O) groups is 1. The molecule has 0 radical (unpaired) electrons. The molecule has 1 N–H and O–H groups in total. The van der Waals surface area contributed by atoms with Gasteiger partial charge in [0.1, 0.15) is 23.4 Å². The summed E-state index contributed by atoms with van der Waals surface area (Å²) in [5, 5.41) is 22.2. The Labute approximate surface area is 195 Å². The Balaban J connectivity index is 1.39. The van der Waals surface area contributed by atoms with Crippen molar-refractivity contribution in [2.24, 2.45) is 0 Å². The summed E-state index contributed by atoms with van der Waals surface area (Å²) in [5.74, 6) is 1.43. The second-order valence-corrected chi connectivity index (χ2v) is 9.46. The van der Waals surface area contributed by atoms with Crippen LogP contribution in [0.2, 0.25) is 0 Å². The number of nitrogens with one attached hydrogen (secondary N) is 1. The number of fused-ring (bicyclic) bond motifs is 1. The van der Waals surface area contributed by atoms with Crippen molar-refractivity contribution in [2.75, 3.05) is 11.1 Å². The zero-order valence-corrected chi connectivity index (χ0v) is 19.4. The normalized spacial score (nSPS) is 12.2. The number of allylic oxidation sites excluding steroid dienone is 1. The van der Waals surface area contributed by atoms with Crippen molar-refractivity contribution in [2.45, 2.75) is 44.5 Å². The fourth-order valence-corrected chi connectivity index (χ4v) is 5.62. The smallest absolute Gasteiger partial charge is 0.235 e. The van der Waals surface area contributed by atoms with E-state index in [9.17, 15) is 10.1 Å². The van der Waals surface area contributed by atoms with Crippen LogP contribution >= 0.6 is 23.1 Å². The summed E-state index contributed by atoms with van der Waals surface area (Å²) in [5.41, 5.74) is 2.84. The number of nitriles is 1. The van der Waals surface area contributed by atoms with Crippen LogP contribution in [-0.4, -0.2) is 26.4 Å². The van der Waals surface area contributed by atoms with Gasteiger partial charge in [-0.3, -0.25) is 9.36 Å². The van der Waals surface area contributed by atoms with Crippen molar-refractivity contribution in [3.63, 3.8) is 0 Å². The van der Waals surface area contributed by atoms with Crippen LogP contribution in [0.25, 0.3) is 0 Å². The van der Waals surface area contributed by atoms with E-state index in [1.54, 1.807) is 6.08 Å². The first kappa shape index (κ1) is 22.1. The fraction of sp³-hybridized carbons (Fsp3) is 0.304. The number of thioether (sulfide) groups is 1. The minimum atomic E-state index is -0.169. The zero-order valence-electron chi connectivity index (χ0n) is 17.8. The van der Waals surface area contributed by atoms with Crippen LogP contribution in [0.1, 0.15) is 33.8 Å². The van der Waals surface area contributed by atoms with Gasteiger partial charge in [-0.1, -0.05) is 30.0 Å². The number of hydrogen-bond acceptors (Lipinski definition) is 7. The highest BCUT2D eigenvalue weighted by Crippen LogP contribution is 2.38. The van der Waals surface area contributed by atoms with E-state index in [0.717, 1.165) is 36.1 Å². The molecule has 32 heavy (non-hydrogen) atoms. The van der Waals surface area contributed by atoms with Gasteiger partial charge in [0.25, 0.3) is 0 Å². The second kappa shape index (κ2) is 10.0. The Morgan fingerprint density at radius 2 is 2.31 bits per heavy atom. The number of anilines is 1. The van der Waals surface area contributed by atoms with Gasteiger partial charge in [0.15, 0.2) is 11.0 Å². The van der Waals surface area contributed by atoms with E-state index in [4.69, 9.17) is 4.74 Å². The van der Waals surface area contributed by atoms with E-state index in [1.807, 2.05) is 35.8 Å². The lowest BCUT2D eigenvalue weighted by molar-refractivity contribution is -0.113. The molecule has 1 amide bonds. The third-order valence-corrected chi connectivity index (χ3v) is 7.26. The Hall–Kier alpha value is -3.09. The minimum absolute atomic E-state index is 0.168. The SMILES string of the molecule is C=CCn1c(COc2cccc(C)c2)nnc1SCC(=O)Nc1sc2c(c1C#N)CCC2. The average Bonchev–Trinajstić information content (AvgIpc) is 3.46. The van der Waals surface area contributed by atoms with Crippen LogP contribution < -0.4 is 10.1 Å². The van der Waals surface area contributed by atoms with Crippen molar-refractivity contribution in [1.29, 1.82) is 5.26 Å². The summed E-state index contributed by atoms with van der Waals surface area (Å²) in [6.07, 6.45) is 4.74. The van der Waals surface area contributed by atoms with Crippen molar-refractivity contribution < 1.29 is 9.53 Å². The molecule has 0 bridgehead atoms. The number of carbonyl (C=O) groups excluding carboxylic acids is 1.